The zero-order valence-electron chi connectivity index (χ0n) is 18.5. The summed E-state index contributed by atoms with van der Waals surface area (Å²) in [4.78, 5) is 21.0. The number of carbonyl (C=O) groups excluding carboxylic acids is 1. The molecular formula is C22H27N6O3P. The van der Waals surface area contributed by atoms with Crippen molar-refractivity contribution in [2.45, 2.75) is 19.8 Å². The van der Waals surface area contributed by atoms with Crippen LogP contribution >= 0.6 is 7.14 Å². The second kappa shape index (κ2) is 8.71. The number of H-pyrrole nitrogens is 1. The fourth-order valence-corrected chi connectivity index (χ4v) is 7.14. The van der Waals surface area contributed by atoms with Gasteiger partial charge in [-0.2, -0.15) is 5.26 Å². The van der Waals surface area contributed by atoms with Crippen molar-refractivity contribution in [1.29, 1.82) is 5.26 Å². The number of aromatic nitrogens is 2. The predicted octanol–water partition coefficient (Wildman–Crippen LogP) is 3.65. The standard InChI is InChI=1S/C22H27N6O3P/c1-14(29)28-6-8-32(30,9-7-28)16-4-5-17(19(10-16)31-3)26-20-11-18(24-2)21-15(12-23)13-25-22(21)27-20/h10-11,13H,4-9H2,1-3H3,(H3,24,25,26,27). The summed E-state index contributed by atoms with van der Waals surface area (Å²) in [7, 11) is 0.897. The summed E-state index contributed by atoms with van der Waals surface area (Å²) < 4.78 is 19.2. The van der Waals surface area contributed by atoms with Gasteiger partial charge in [0.25, 0.3) is 0 Å². The summed E-state index contributed by atoms with van der Waals surface area (Å²) in [6.45, 7) is 2.64. The lowest BCUT2D eigenvalue weighted by Crippen LogP contribution is -2.38. The molecule has 1 saturated heterocycles. The first kappa shape index (κ1) is 22.0. The first-order chi connectivity index (χ1) is 15.4. The second-order valence-corrected chi connectivity index (χ2v) is 11.2. The fraction of sp³-hybridized carbons (Fsp3) is 0.409. The van der Waals surface area contributed by atoms with Gasteiger partial charge in [0.2, 0.25) is 5.91 Å². The van der Waals surface area contributed by atoms with Crippen molar-refractivity contribution in [3.8, 4) is 6.07 Å². The molecule has 2 aromatic rings. The van der Waals surface area contributed by atoms with E-state index in [0.717, 1.165) is 22.1 Å². The average Bonchev–Trinajstić information content (AvgIpc) is 3.22. The molecule has 0 aromatic carbocycles. The maximum Gasteiger partial charge on any atom is 0.219 e. The van der Waals surface area contributed by atoms with Crippen molar-refractivity contribution in [3.63, 3.8) is 0 Å². The average molecular weight is 454 g/mol. The van der Waals surface area contributed by atoms with E-state index >= 15 is 0 Å². The molecule has 10 heteroatoms. The Hall–Kier alpha value is -3.24. The number of rotatable bonds is 5. The van der Waals surface area contributed by atoms with Crippen LogP contribution in [0.3, 0.4) is 0 Å². The van der Waals surface area contributed by atoms with E-state index in [1.807, 2.05) is 12.1 Å². The van der Waals surface area contributed by atoms with Gasteiger partial charge in [0.05, 0.1) is 23.8 Å². The number of nitrogens with zero attached hydrogens (tertiary/aromatic N) is 3. The number of allylic oxidation sites excluding steroid dienone is 3. The van der Waals surface area contributed by atoms with Crippen molar-refractivity contribution in [2.24, 2.45) is 0 Å². The Morgan fingerprint density at radius 3 is 2.72 bits per heavy atom. The number of nitriles is 1. The molecule has 1 aliphatic heterocycles. The highest BCUT2D eigenvalue weighted by Gasteiger charge is 2.34. The van der Waals surface area contributed by atoms with Gasteiger partial charge < -0.3 is 29.8 Å². The Morgan fingerprint density at radius 1 is 1.34 bits per heavy atom. The van der Waals surface area contributed by atoms with Crippen LogP contribution in [0.4, 0.5) is 11.5 Å². The van der Waals surface area contributed by atoms with Crippen LogP contribution in [-0.4, -0.2) is 60.3 Å². The number of methoxy groups -OCH3 is 1. The Bertz CT molecular complexity index is 1210. The third kappa shape index (κ3) is 3.98. The molecule has 9 nitrogen and oxygen atoms in total. The van der Waals surface area contributed by atoms with E-state index in [1.165, 1.54) is 0 Å². The van der Waals surface area contributed by atoms with Gasteiger partial charge in [-0.25, -0.2) is 4.98 Å². The number of anilines is 2. The summed E-state index contributed by atoms with van der Waals surface area (Å²) in [6, 6.07) is 4.03. The largest absolute Gasteiger partial charge is 0.495 e. The minimum absolute atomic E-state index is 0.0344. The quantitative estimate of drug-likeness (QED) is 0.589. The molecule has 3 N–H and O–H groups in total. The van der Waals surface area contributed by atoms with Gasteiger partial charge in [-0.15, -0.1) is 0 Å². The lowest BCUT2D eigenvalue weighted by atomic mass is 10.1. The number of amides is 1. The van der Waals surface area contributed by atoms with E-state index < -0.39 is 7.14 Å². The Kier molecular flexibility index (Phi) is 5.98. The van der Waals surface area contributed by atoms with Gasteiger partial charge in [-0.05, 0) is 24.2 Å². The lowest BCUT2D eigenvalue weighted by Gasteiger charge is -2.34. The van der Waals surface area contributed by atoms with Crippen LogP contribution in [0.5, 0.6) is 0 Å². The smallest absolute Gasteiger partial charge is 0.219 e. The zero-order chi connectivity index (χ0) is 22.9. The van der Waals surface area contributed by atoms with Crippen molar-refractivity contribution >= 4 is 35.6 Å². The van der Waals surface area contributed by atoms with Crippen LogP contribution in [0.1, 0.15) is 25.3 Å². The molecule has 2 aromatic heterocycles. The normalized spacial score (nSPS) is 18.2. The highest BCUT2D eigenvalue weighted by molar-refractivity contribution is 7.68. The van der Waals surface area contributed by atoms with Crippen LogP contribution in [-0.2, 0) is 14.1 Å². The summed E-state index contributed by atoms with van der Waals surface area (Å²) in [5, 5.41) is 17.5. The Labute approximate surface area is 186 Å². The van der Waals surface area contributed by atoms with Gasteiger partial charge in [0.1, 0.15) is 30.4 Å². The Balaban J connectivity index is 1.60. The Morgan fingerprint density at radius 2 is 2.09 bits per heavy atom. The minimum Gasteiger partial charge on any atom is -0.495 e. The third-order valence-electron chi connectivity index (χ3n) is 6.19. The number of fused-ring (bicyclic) bond motifs is 1. The summed E-state index contributed by atoms with van der Waals surface area (Å²) in [5.74, 6) is 1.30. The van der Waals surface area contributed by atoms with Crippen LogP contribution in [0, 0.1) is 11.3 Å². The molecule has 0 saturated carbocycles. The molecule has 2 aliphatic rings. The molecule has 1 fully saturated rings. The number of nitrogens with one attached hydrogen (secondary N) is 3. The summed E-state index contributed by atoms with van der Waals surface area (Å²) in [5.41, 5.74) is 2.81. The molecule has 0 spiro atoms. The molecule has 32 heavy (non-hydrogen) atoms. The predicted molar refractivity (Wildman–Crippen MR) is 125 cm³/mol. The molecule has 1 amide bonds. The van der Waals surface area contributed by atoms with E-state index in [9.17, 15) is 14.6 Å². The molecule has 0 bridgehead atoms. The van der Waals surface area contributed by atoms with Crippen molar-refractivity contribution < 1.29 is 14.1 Å². The first-order valence-corrected chi connectivity index (χ1v) is 12.6. The highest BCUT2D eigenvalue weighted by Crippen LogP contribution is 2.58. The highest BCUT2D eigenvalue weighted by atomic mass is 31.2. The van der Waals surface area contributed by atoms with E-state index in [1.54, 1.807) is 32.2 Å². The van der Waals surface area contributed by atoms with Crippen LogP contribution in [0.15, 0.2) is 35.1 Å². The third-order valence-corrected chi connectivity index (χ3v) is 9.43. The molecule has 0 atom stereocenters. The number of pyridine rings is 1. The summed E-state index contributed by atoms with van der Waals surface area (Å²) in [6.07, 6.45) is 5.92. The van der Waals surface area contributed by atoms with Crippen LogP contribution < -0.4 is 10.6 Å². The van der Waals surface area contributed by atoms with E-state index in [4.69, 9.17) is 4.74 Å². The van der Waals surface area contributed by atoms with Crippen LogP contribution in [0.2, 0.25) is 0 Å². The van der Waals surface area contributed by atoms with E-state index in [0.29, 0.717) is 61.0 Å². The molecule has 0 unspecified atom stereocenters. The van der Waals surface area contributed by atoms with Crippen molar-refractivity contribution in [2.75, 3.05) is 50.2 Å². The lowest BCUT2D eigenvalue weighted by molar-refractivity contribution is -0.128. The maximum atomic E-state index is 13.6. The second-order valence-electron chi connectivity index (χ2n) is 7.99. The number of hydrogen-bond acceptors (Lipinski definition) is 7. The maximum absolute atomic E-state index is 13.6. The van der Waals surface area contributed by atoms with Gasteiger partial charge in [0.15, 0.2) is 0 Å². The molecular weight excluding hydrogens is 427 g/mol. The first-order valence-electron chi connectivity index (χ1n) is 10.6. The van der Waals surface area contributed by atoms with E-state index in [2.05, 4.69) is 26.7 Å². The topological polar surface area (TPSA) is 123 Å². The van der Waals surface area contributed by atoms with E-state index in [-0.39, 0.29) is 5.91 Å². The molecule has 168 valence electrons. The van der Waals surface area contributed by atoms with Gasteiger partial charge in [0, 0.05) is 57.3 Å². The number of carbonyl (C=O) groups is 1. The van der Waals surface area contributed by atoms with Crippen molar-refractivity contribution in [3.05, 3.63) is 40.7 Å². The number of ether oxygens (including phenoxy) is 1. The van der Waals surface area contributed by atoms with Gasteiger partial charge in [-0.1, -0.05) is 0 Å². The molecule has 0 radical (unpaired) electrons. The number of aromatic amines is 1. The zero-order valence-corrected chi connectivity index (χ0v) is 19.4. The molecule has 4 rings (SSSR count). The SMILES string of the molecule is CNc1cc(NC2=C(OC)C=C(P3(=O)CCN(C(C)=O)CC3)CC2)nc2[nH]cc(C#N)c12. The van der Waals surface area contributed by atoms with Crippen LogP contribution in [0.25, 0.3) is 11.0 Å². The summed E-state index contributed by atoms with van der Waals surface area (Å²) >= 11 is 0. The fourth-order valence-electron chi connectivity index (χ4n) is 4.34. The van der Waals surface area contributed by atoms with Crippen molar-refractivity contribution in [1.82, 2.24) is 14.9 Å². The van der Waals surface area contributed by atoms with Gasteiger partial charge >= 0.3 is 0 Å². The minimum atomic E-state index is -2.51. The molecule has 3 heterocycles. The molecule has 1 aliphatic carbocycles. The number of hydrogen-bond donors (Lipinski definition) is 3. The monoisotopic (exact) mass is 454 g/mol. The van der Waals surface area contributed by atoms with Gasteiger partial charge in [-0.3, -0.25) is 4.79 Å².